The largest absolute Gasteiger partial charge is 0.493 e. The fraction of sp³-hybridized carbons (Fsp3) is 0.318. The van der Waals surface area contributed by atoms with Crippen molar-refractivity contribution in [2.75, 3.05) is 25.3 Å². The standard InChI is InChI=1S/C22H23N3O4S/c1-4-11-30-22-24-20-18(21(27)25-22)16(17-13(23-20)8-6-9-14(17)26)12-7-5-10-15(28-2)19(12)29-3/h4-5,7,10,16H,1,6,8-9,11H2,2-3H3,(H2,23,24,25,27). The molecule has 0 bridgehead atoms. The first-order valence-electron chi connectivity index (χ1n) is 9.71. The summed E-state index contributed by atoms with van der Waals surface area (Å²) in [6, 6.07) is 5.50. The zero-order valence-electron chi connectivity index (χ0n) is 16.9. The number of aromatic amines is 1. The quantitative estimate of drug-likeness (QED) is 0.415. The number of nitrogens with one attached hydrogen (secondary N) is 2. The number of ether oxygens (including phenoxy) is 2. The van der Waals surface area contributed by atoms with Gasteiger partial charge in [-0.05, 0) is 18.9 Å². The molecular formula is C22H23N3O4S. The smallest absolute Gasteiger partial charge is 0.257 e. The van der Waals surface area contributed by atoms with E-state index in [1.165, 1.54) is 11.8 Å². The highest BCUT2D eigenvalue weighted by Crippen LogP contribution is 2.47. The van der Waals surface area contributed by atoms with E-state index in [2.05, 4.69) is 21.9 Å². The third-order valence-corrected chi connectivity index (χ3v) is 6.19. The molecule has 4 rings (SSSR count). The number of allylic oxidation sites excluding steroid dienone is 2. The second kappa shape index (κ2) is 8.39. The van der Waals surface area contributed by atoms with Gasteiger partial charge in [-0.1, -0.05) is 30.0 Å². The summed E-state index contributed by atoms with van der Waals surface area (Å²) in [5, 5.41) is 3.78. The van der Waals surface area contributed by atoms with Crippen molar-refractivity contribution in [3.05, 3.63) is 63.6 Å². The molecule has 2 N–H and O–H groups in total. The summed E-state index contributed by atoms with van der Waals surface area (Å²) in [4.78, 5) is 33.6. The molecule has 0 amide bonds. The fourth-order valence-electron chi connectivity index (χ4n) is 4.10. The number of aromatic nitrogens is 2. The minimum absolute atomic E-state index is 0.0359. The number of carbonyl (C=O) groups is 1. The van der Waals surface area contributed by atoms with Gasteiger partial charge in [-0.25, -0.2) is 4.98 Å². The SMILES string of the molecule is C=CCSc1nc2c(c(=O)[nH]1)C(c1cccc(OC)c1OC)C1=C(CCCC1=O)N2. The van der Waals surface area contributed by atoms with Crippen molar-refractivity contribution in [1.29, 1.82) is 0 Å². The Balaban J connectivity index is 1.97. The molecule has 7 nitrogen and oxygen atoms in total. The number of benzene rings is 1. The Kier molecular flexibility index (Phi) is 5.67. The predicted octanol–water partition coefficient (Wildman–Crippen LogP) is 3.63. The van der Waals surface area contributed by atoms with E-state index in [0.29, 0.717) is 51.3 Å². The van der Waals surface area contributed by atoms with Crippen LogP contribution in [-0.2, 0) is 4.79 Å². The lowest BCUT2D eigenvalue weighted by Crippen LogP contribution is -2.33. The number of hydrogen-bond donors (Lipinski definition) is 2. The summed E-state index contributed by atoms with van der Waals surface area (Å²) >= 11 is 1.40. The van der Waals surface area contributed by atoms with E-state index in [9.17, 15) is 9.59 Å². The van der Waals surface area contributed by atoms with Crippen molar-refractivity contribution >= 4 is 23.4 Å². The zero-order valence-corrected chi connectivity index (χ0v) is 17.7. The lowest BCUT2D eigenvalue weighted by Gasteiger charge is -2.33. The van der Waals surface area contributed by atoms with Gasteiger partial charge in [0, 0.05) is 29.0 Å². The number of methoxy groups -OCH3 is 2. The van der Waals surface area contributed by atoms with Crippen molar-refractivity contribution in [3.8, 4) is 11.5 Å². The van der Waals surface area contributed by atoms with E-state index in [4.69, 9.17) is 9.47 Å². The molecule has 0 radical (unpaired) electrons. The highest BCUT2D eigenvalue weighted by atomic mass is 32.2. The van der Waals surface area contributed by atoms with Gasteiger partial charge in [0.2, 0.25) is 0 Å². The van der Waals surface area contributed by atoms with Gasteiger partial charge in [0.15, 0.2) is 22.4 Å². The van der Waals surface area contributed by atoms with Crippen LogP contribution in [0, 0.1) is 0 Å². The normalized spacial score (nSPS) is 17.7. The lowest BCUT2D eigenvalue weighted by molar-refractivity contribution is -0.116. The number of nitrogens with zero attached hydrogens (tertiary/aromatic N) is 1. The van der Waals surface area contributed by atoms with Gasteiger partial charge in [0.25, 0.3) is 5.56 Å². The molecule has 1 unspecified atom stereocenters. The average molecular weight is 426 g/mol. The van der Waals surface area contributed by atoms with Gasteiger partial charge < -0.3 is 19.8 Å². The van der Waals surface area contributed by atoms with E-state index in [-0.39, 0.29) is 11.3 Å². The maximum atomic E-state index is 13.2. The number of fused-ring (bicyclic) bond motifs is 1. The van der Waals surface area contributed by atoms with Crippen LogP contribution in [0.25, 0.3) is 0 Å². The van der Waals surface area contributed by atoms with Crippen LogP contribution in [0.3, 0.4) is 0 Å². The fourth-order valence-corrected chi connectivity index (χ4v) is 4.69. The van der Waals surface area contributed by atoms with Gasteiger partial charge in [0.1, 0.15) is 5.82 Å². The Labute approximate surface area is 178 Å². The van der Waals surface area contributed by atoms with Crippen LogP contribution in [0.4, 0.5) is 5.82 Å². The molecule has 1 atom stereocenters. The maximum Gasteiger partial charge on any atom is 0.257 e. The number of anilines is 1. The van der Waals surface area contributed by atoms with E-state index < -0.39 is 5.92 Å². The Hall–Kier alpha value is -3.00. The highest BCUT2D eigenvalue weighted by molar-refractivity contribution is 7.99. The number of para-hydroxylation sites is 1. The second-order valence-corrected chi connectivity index (χ2v) is 8.05. The number of rotatable bonds is 6. The van der Waals surface area contributed by atoms with Gasteiger partial charge in [-0.15, -0.1) is 6.58 Å². The van der Waals surface area contributed by atoms with Gasteiger partial charge in [0.05, 0.1) is 25.7 Å². The summed E-state index contributed by atoms with van der Waals surface area (Å²) in [6.07, 6.45) is 3.70. The number of Topliss-reactive ketones (excluding diaryl/α,β-unsaturated/α-hetero) is 1. The molecule has 30 heavy (non-hydrogen) atoms. The number of H-pyrrole nitrogens is 1. The van der Waals surface area contributed by atoms with E-state index in [1.807, 2.05) is 12.1 Å². The molecule has 8 heteroatoms. The molecule has 1 aliphatic carbocycles. The van der Waals surface area contributed by atoms with Crippen molar-refractivity contribution in [1.82, 2.24) is 9.97 Å². The minimum atomic E-state index is -0.580. The average Bonchev–Trinajstić information content (AvgIpc) is 2.75. The summed E-state index contributed by atoms with van der Waals surface area (Å²) in [5.41, 5.74) is 2.28. The van der Waals surface area contributed by atoms with Gasteiger partial charge in [-0.2, -0.15) is 0 Å². The lowest BCUT2D eigenvalue weighted by atomic mass is 9.76. The van der Waals surface area contributed by atoms with Crippen molar-refractivity contribution in [2.45, 2.75) is 30.3 Å². The maximum absolute atomic E-state index is 13.2. The number of ketones is 1. The van der Waals surface area contributed by atoms with Crippen molar-refractivity contribution in [3.63, 3.8) is 0 Å². The van der Waals surface area contributed by atoms with Crippen molar-refractivity contribution in [2.24, 2.45) is 0 Å². The Morgan fingerprint density at radius 3 is 2.83 bits per heavy atom. The van der Waals surface area contributed by atoms with Gasteiger partial charge >= 0.3 is 0 Å². The van der Waals surface area contributed by atoms with Crippen LogP contribution >= 0.6 is 11.8 Å². The first kappa shape index (κ1) is 20.3. The molecule has 156 valence electrons. The third kappa shape index (κ3) is 3.41. The Morgan fingerprint density at radius 2 is 2.10 bits per heavy atom. The summed E-state index contributed by atoms with van der Waals surface area (Å²) < 4.78 is 11.1. The second-order valence-electron chi connectivity index (χ2n) is 7.04. The van der Waals surface area contributed by atoms with Crippen LogP contribution < -0.4 is 20.3 Å². The van der Waals surface area contributed by atoms with E-state index in [0.717, 1.165) is 18.5 Å². The van der Waals surface area contributed by atoms with E-state index >= 15 is 0 Å². The molecule has 0 spiro atoms. The van der Waals surface area contributed by atoms with Crippen LogP contribution in [0.15, 0.2) is 52.1 Å². The Morgan fingerprint density at radius 1 is 1.27 bits per heavy atom. The molecular weight excluding hydrogens is 402 g/mol. The first-order chi connectivity index (χ1) is 14.6. The Bertz CT molecular complexity index is 1110. The summed E-state index contributed by atoms with van der Waals surface area (Å²) in [6.45, 7) is 3.71. The first-order valence-corrected chi connectivity index (χ1v) is 10.7. The predicted molar refractivity (Wildman–Crippen MR) is 117 cm³/mol. The molecule has 2 aliphatic rings. The summed E-state index contributed by atoms with van der Waals surface area (Å²) in [7, 11) is 3.12. The monoisotopic (exact) mass is 425 g/mol. The van der Waals surface area contributed by atoms with Crippen LogP contribution in [0.5, 0.6) is 11.5 Å². The number of carbonyl (C=O) groups excluding carboxylic acids is 1. The zero-order chi connectivity index (χ0) is 21.3. The number of hydrogen-bond acceptors (Lipinski definition) is 7. The minimum Gasteiger partial charge on any atom is -0.493 e. The van der Waals surface area contributed by atoms with Crippen LogP contribution in [0.2, 0.25) is 0 Å². The molecule has 1 aromatic carbocycles. The molecule has 1 aromatic heterocycles. The van der Waals surface area contributed by atoms with E-state index in [1.54, 1.807) is 26.4 Å². The van der Waals surface area contributed by atoms with Gasteiger partial charge in [-0.3, -0.25) is 9.59 Å². The van der Waals surface area contributed by atoms with Crippen molar-refractivity contribution < 1.29 is 14.3 Å². The highest BCUT2D eigenvalue weighted by Gasteiger charge is 2.39. The molecule has 0 saturated heterocycles. The molecule has 2 aromatic rings. The molecule has 2 heterocycles. The summed E-state index contributed by atoms with van der Waals surface area (Å²) in [5.74, 6) is 1.61. The molecule has 1 aliphatic heterocycles. The van der Waals surface area contributed by atoms with Crippen LogP contribution in [-0.4, -0.2) is 35.7 Å². The molecule has 0 saturated carbocycles. The molecule has 0 fully saturated rings. The third-order valence-electron chi connectivity index (χ3n) is 5.32. The number of thioether (sulfide) groups is 1. The topological polar surface area (TPSA) is 93.3 Å². The van der Waals surface area contributed by atoms with Crippen LogP contribution in [0.1, 0.15) is 36.3 Å².